The van der Waals surface area contributed by atoms with E-state index in [2.05, 4.69) is 15.6 Å². The Morgan fingerprint density at radius 2 is 2.10 bits per heavy atom. The zero-order chi connectivity index (χ0) is 14.4. The number of nitrogens with one attached hydrogen (secondary N) is 2. The van der Waals surface area contributed by atoms with Crippen molar-refractivity contribution in [1.82, 2.24) is 10.3 Å². The highest BCUT2D eigenvalue weighted by molar-refractivity contribution is 5.93. The number of aromatic nitrogens is 1. The van der Waals surface area contributed by atoms with Gasteiger partial charge in [-0.15, -0.1) is 0 Å². The van der Waals surface area contributed by atoms with Gasteiger partial charge in [0.05, 0.1) is 24.0 Å². The Morgan fingerprint density at radius 1 is 1.30 bits per heavy atom. The summed E-state index contributed by atoms with van der Waals surface area (Å²) in [6.45, 7) is 1.83. The predicted molar refractivity (Wildman–Crippen MR) is 75.4 cm³/mol. The molecule has 1 aromatic carbocycles. The summed E-state index contributed by atoms with van der Waals surface area (Å²) in [7, 11) is 0. The van der Waals surface area contributed by atoms with Crippen LogP contribution in [-0.4, -0.2) is 30.1 Å². The summed E-state index contributed by atoms with van der Waals surface area (Å²) in [5.74, 6) is -0.473. The van der Waals surface area contributed by atoms with E-state index in [1.54, 1.807) is 13.1 Å². The van der Waals surface area contributed by atoms with Crippen molar-refractivity contribution in [1.29, 1.82) is 0 Å². The Labute approximate surface area is 116 Å². The number of fused-ring (bicyclic) bond motifs is 1. The van der Waals surface area contributed by atoms with Crippen molar-refractivity contribution in [3.63, 3.8) is 0 Å². The quantitative estimate of drug-likeness (QED) is 0.834. The Bertz CT molecular complexity index is 628. The van der Waals surface area contributed by atoms with Gasteiger partial charge in [0.1, 0.15) is 6.54 Å². The first-order chi connectivity index (χ1) is 9.69. The molecule has 104 valence electrons. The minimum Gasteiger partial charge on any atom is -0.465 e. The molecule has 0 unspecified atom stereocenters. The third kappa shape index (κ3) is 3.68. The van der Waals surface area contributed by atoms with E-state index in [0.29, 0.717) is 5.69 Å². The van der Waals surface area contributed by atoms with Crippen LogP contribution in [0.4, 0.5) is 10.5 Å². The van der Waals surface area contributed by atoms with Gasteiger partial charge in [-0.05, 0) is 19.1 Å². The summed E-state index contributed by atoms with van der Waals surface area (Å²) in [5, 5.41) is 5.95. The fourth-order valence-electron chi connectivity index (χ4n) is 1.68. The fraction of sp³-hybridized carbons (Fsp3) is 0.214. The standard InChI is InChI=1S/C14H15N3O3/c1-2-20-13(18)9-16-14(19)17-11-7-10-5-3-4-6-12(10)15-8-11/h3-8H,2,9H2,1H3,(H2,16,17,19). The molecule has 0 bridgehead atoms. The van der Waals surface area contributed by atoms with Crippen molar-refractivity contribution < 1.29 is 14.3 Å². The van der Waals surface area contributed by atoms with Crippen molar-refractivity contribution >= 4 is 28.6 Å². The molecule has 0 saturated carbocycles. The van der Waals surface area contributed by atoms with Crippen LogP contribution in [0.1, 0.15) is 6.92 Å². The van der Waals surface area contributed by atoms with Crippen LogP contribution in [0.25, 0.3) is 10.9 Å². The topological polar surface area (TPSA) is 80.3 Å². The van der Waals surface area contributed by atoms with Gasteiger partial charge in [0.15, 0.2) is 0 Å². The van der Waals surface area contributed by atoms with Gasteiger partial charge in [-0.1, -0.05) is 18.2 Å². The largest absolute Gasteiger partial charge is 0.465 e. The zero-order valence-corrected chi connectivity index (χ0v) is 11.1. The van der Waals surface area contributed by atoms with Gasteiger partial charge in [0.2, 0.25) is 0 Å². The van der Waals surface area contributed by atoms with Crippen LogP contribution in [0.3, 0.4) is 0 Å². The minimum absolute atomic E-state index is 0.166. The summed E-state index contributed by atoms with van der Waals surface area (Å²) in [6, 6.07) is 8.93. The lowest BCUT2D eigenvalue weighted by Crippen LogP contribution is -2.34. The zero-order valence-electron chi connectivity index (χ0n) is 11.1. The smallest absolute Gasteiger partial charge is 0.325 e. The Kier molecular flexibility index (Phi) is 4.49. The average Bonchev–Trinajstić information content (AvgIpc) is 2.45. The summed E-state index contributed by atoms with van der Waals surface area (Å²) >= 11 is 0. The number of nitrogens with zero attached hydrogens (tertiary/aromatic N) is 1. The van der Waals surface area contributed by atoms with Crippen LogP contribution in [0.15, 0.2) is 36.5 Å². The molecule has 0 radical (unpaired) electrons. The molecule has 0 aliphatic heterocycles. The van der Waals surface area contributed by atoms with Crippen LogP contribution in [0.5, 0.6) is 0 Å². The number of benzene rings is 1. The Hall–Kier alpha value is -2.63. The summed E-state index contributed by atoms with van der Waals surface area (Å²) in [4.78, 5) is 26.9. The van der Waals surface area contributed by atoms with Crippen molar-refractivity contribution in [2.45, 2.75) is 6.92 Å². The highest BCUT2D eigenvalue weighted by Gasteiger charge is 2.06. The molecule has 1 heterocycles. The maximum absolute atomic E-state index is 11.6. The highest BCUT2D eigenvalue weighted by Crippen LogP contribution is 2.15. The van der Waals surface area contributed by atoms with E-state index in [4.69, 9.17) is 4.74 Å². The normalized spacial score (nSPS) is 10.1. The number of carbonyl (C=O) groups excluding carboxylic acids is 2. The second kappa shape index (κ2) is 6.51. The number of esters is 1. The number of para-hydroxylation sites is 1. The van der Waals surface area contributed by atoms with Gasteiger partial charge >= 0.3 is 12.0 Å². The number of hydrogen-bond acceptors (Lipinski definition) is 4. The van der Waals surface area contributed by atoms with Crippen LogP contribution >= 0.6 is 0 Å². The third-order valence-electron chi connectivity index (χ3n) is 2.55. The van der Waals surface area contributed by atoms with Gasteiger partial charge in [0, 0.05) is 5.39 Å². The van der Waals surface area contributed by atoms with Crippen LogP contribution < -0.4 is 10.6 Å². The number of anilines is 1. The lowest BCUT2D eigenvalue weighted by atomic mass is 10.2. The number of rotatable bonds is 4. The van der Waals surface area contributed by atoms with Crippen LogP contribution in [0.2, 0.25) is 0 Å². The molecule has 0 fully saturated rings. The molecule has 0 aliphatic carbocycles. The molecule has 0 spiro atoms. The third-order valence-corrected chi connectivity index (χ3v) is 2.55. The summed E-state index contributed by atoms with van der Waals surface area (Å²) in [6.07, 6.45) is 1.56. The monoisotopic (exact) mass is 273 g/mol. The molecule has 1 aromatic heterocycles. The summed E-state index contributed by atoms with van der Waals surface area (Å²) in [5.41, 5.74) is 1.41. The first-order valence-corrected chi connectivity index (χ1v) is 6.24. The van der Waals surface area contributed by atoms with Crippen molar-refractivity contribution in [3.8, 4) is 0 Å². The fourth-order valence-corrected chi connectivity index (χ4v) is 1.68. The van der Waals surface area contributed by atoms with E-state index in [9.17, 15) is 9.59 Å². The van der Waals surface area contributed by atoms with Gasteiger partial charge < -0.3 is 15.4 Å². The highest BCUT2D eigenvalue weighted by atomic mass is 16.5. The lowest BCUT2D eigenvalue weighted by molar-refractivity contribution is -0.141. The molecule has 2 amide bonds. The molecule has 0 atom stereocenters. The summed E-state index contributed by atoms with van der Waals surface area (Å²) < 4.78 is 4.71. The van der Waals surface area contributed by atoms with Gasteiger partial charge in [-0.2, -0.15) is 0 Å². The number of carbonyl (C=O) groups is 2. The molecule has 6 nitrogen and oxygen atoms in total. The van der Waals surface area contributed by atoms with E-state index in [1.165, 1.54) is 0 Å². The van der Waals surface area contributed by atoms with Gasteiger partial charge in [-0.3, -0.25) is 9.78 Å². The average molecular weight is 273 g/mol. The van der Waals surface area contributed by atoms with E-state index in [-0.39, 0.29) is 13.2 Å². The van der Waals surface area contributed by atoms with E-state index >= 15 is 0 Å². The molecule has 2 rings (SSSR count). The van der Waals surface area contributed by atoms with Crippen LogP contribution in [0, 0.1) is 0 Å². The number of amides is 2. The molecule has 0 aliphatic rings. The van der Waals surface area contributed by atoms with E-state index in [1.807, 2.05) is 30.3 Å². The lowest BCUT2D eigenvalue weighted by Gasteiger charge is -2.07. The van der Waals surface area contributed by atoms with Crippen LogP contribution in [-0.2, 0) is 9.53 Å². The maximum atomic E-state index is 11.6. The minimum atomic E-state index is -0.477. The van der Waals surface area contributed by atoms with Crippen molar-refractivity contribution in [2.24, 2.45) is 0 Å². The number of pyridine rings is 1. The second-order valence-electron chi connectivity index (χ2n) is 4.03. The number of ether oxygens (including phenoxy) is 1. The predicted octanol–water partition coefficient (Wildman–Crippen LogP) is 1.92. The first-order valence-electron chi connectivity index (χ1n) is 6.24. The molecule has 6 heteroatoms. The Morgan fingerprint density at radius 3 is 2.90 bits per heavy atom. The first kappa shape index (κ1) is 13.8. The maximum Gasteiger partial charge on any atom is 0.325 e. The molecule has 2 N–H and O–H groups in total. The second-order valence-corrected chi connectivity index (χ2v) is 4.03. The molecule has 20 heavy (non-hydrogen) atoms. The number of hydrogen-bond donors (Lipinski definition) is 2. The molecule has 0 saturated heterocycles. The van der Waals surface area contributed by atoms with Crippen molar-refractivity contribution in [2.75, 3.05) is 18.5 Å². The van der Waals surface area contributed by atoms with Gasteiger partial charge in [-0.25, -0.2) is 4.79 Å². The van der Waals surface area contributed by atoms with E-state index in [0.717, 1.165) is 10.9 Å². The number of urea groups is 1. The SMILES string of the molecule is CCOC(=O)CNC(=O)Nc1cnc2ccccc2c1. The van der Waals surface area contributed by atoms with Crippen molar-refractivity contribution in [3.05, 3.63) is 36.5 Å². The molecular formula is C14H15N3O3. The Balaban J connectivity index is 1.94. The van der Waals surface area contributed by atoms with Gasteiger partial charge in [0.25, 0.3) is 0 Å². The molecular weight excluding hydrogens is 258 g/mol. The van der Waals surface area contributed by atoms with E-state index < -0.39 is 12.0 Å². The molecule has 2 aromatic rings.